The van der Waals surface area contributed by atoms with Crippen LogP contribution in [0.25, 0.3) is 0 Å². The Morgan fingerprint density at radius 2 is 1.90 bits per heavy atom. The zero-order chi connectivity index (χ0) is 21.7. The van der Waals surface area contributed by atoms with Gasteiger partial charge in [-0.1, -0.05) is 24.3 Å². The van der Waals surface area contributed by atoms with E-state index in [-0.39, 0.29) is 0 Å². The van der Waals surface area contributed by atoms with Crippen molar-refractivity contribution in [3.8, 4) is 0 Å². The quantitative estimate of drug-likeness (QED) is 0.547. The predicted molar refractivity (Wildman–Crippen MR) is 124 cm³/mol. The third kappa shape index (κ3) is 5.53. The molecule has 6 nitrogen and oxygen atoms in total. The Kier molecular flexibility index (Phi) is 7.02. The number of hydrogen-bond acceptors (Lipinski definition) is 4. The van der Waals surface area contributed by atoms with E-state index in [1.165, 1.54) is 29.5 Å². The van der Waals surface area contributed by atoms with Gasteiger partial charge in [0.2, 0.25) is 0 Å². The molecule has 0 radical (unpaired) electrons. The van der Waals surface area contributed by atoms with E-state index in [0.29, 0.717) is 18.0 Å². The van der Waals surface area contributed by atoms with Gasteiger partial charge in [-0.25, -0.2) is 13.4 Å². The zero-order valence-corrected chi connectivity index (χ0v) is 19.1. The maximum Gasteiger partial charge on any atom is 0.191 e. The molecule has 0 amide bonds. The summed E-state index contributed by atoms with van der Waals surface area (Å²) in [5.41, 5.74) is 5.71. The lowest BCUT2D eigenvalue weighted by atomic mass is 9.99. The smallest absolute Gasteiger partial charge is 0.191 e. The number of anilines is 1. The number of hydrogen-bond donors (Lipinski definition) is 2. The summed E-state index contributed by atoms with van der Waals surface area (Å²) in [7, 11) is -1.05. The molecule has 0 saturated heterocycles. The first-order valence-electron chi connectivity index (χ1n) is 10.4. The molecule has 0 bridgehead atoms. The van der Waals surface area contributed by atoms with Gasteiger partial charge in [0, 0.05) is 38.6 Å². The Hall–Kier alpha value is -2.54. The second-order valence-corrected chi connectivity index (χ2v) is 9.89. The van der Waals surface area contributed by atoms with Gasteiger partial charge in [0.25, 0.3) is 0 Å². The van der Waals surface area contributed by atoms with E-state index in [1.807, 2.05) is 26.0 Å². The van der Waals surface area contributed by atoms with Crippen molar-refractivity contribution in [2.24, 2.45) is 4.99 Å². The standard InChI is InChI=1S/C23H32N4O2S/c1-5-24-23(25-15-18-9-11-22(17(2)13-18)30(4,28)29)26-16-19-8-10-21-20(14-19)7-6-12-27(21)3/h8-11,13-14H,5-7,12,15-16H2,1-4H3,(H2,24,25,26). The highest BCUT2D eigenvalue weighted by Gasteiger charge is 2.14. The van der Waals surface area contributed by atoms with Crippen LogP contribution in [0.4, 0.5) is 5.69 Å². The maximum absolute atomic E-state index is 11.8. The molecular weight excluding hydrogens is 396 g/mol. The van der Waals surface area contributed by atoms with Crippen LogP contribution in [0.5, 0.6) is 0 Å². The number of sulfone groups is 1. The van der Waals surface area contributed by atoms with Crippen molar-refractivity contribution >= 4 is 21.5 Å². The van der Waals surface area contributed by atoms with E-state index in [9.17, 15) is 8.42 Å². The molecule has 1 aliphatic heterocycles. The van der Waals surface area contributed by atoms with E-state index in [2.05, 4.69) is 45.8 Å². The summed E-state index contributed by atoms with van der Waals surface area (Å²) >= 11 is 0. The van der Waals surface area contributed by atoms with E-state index in [0.717, 1.165) is 36.6 Å². The molecule has 7 heteroatoms. The highest BCUT2D eigenvalue weighted by molar-refractivity contribution is 7.90. The molecule has 2 aromatic rings. The zero-order valence-electron chi connectivity index (χ0n) is 18.3. The van der Waals surface area contributed by atoms with Gasteiger partial charge >= 0.3 is 0 Å². The SMILES string of the molecule is CCNC(=NCc1ccc(S(C)(=O)=O)c(C)c1)NCc1ccc2c(c1)CCCN2C. The number of benzene rings is 2. The van der Waals surface area contributed by atoms with Crippen LogP contribution < -0.4 is 15.5 Å². The van der Waals surface area contributed by atoms with Crippen molar-refractivity contribution < 1.29 is 8.42 Å². The first-order chi connectivity index (χ1) is 14.3. The normalized spacial score (nSPS) is 14.4. The largest absolute Gasteiger partial charge is 0.374 e. The lowest BCUT2D eigenvalue weighted by molar-refractivity contribution is 0.601. The summed E-state index contributed by atoms with van der Waals surface area (Å²) in [5.74, 6) is 0.747. The highest BCUT2D eigenvalue weighted by Crippen LogP contribution is 2.26. The summed E-state index contributed by atoms with van der Waals surface area (Å²) < 4.78 is 23.6. The molecular formula is C23H32N4O2S. The van der Waals surface area contributed by atoms with Crippen molar-refractivity contribution in [3.05, 3.63) is 58.7 Å². The van der Waals surface area contributed by atoms with E-state index < -0.39 is 9.84 Å². The lowest BCUT2D eigenvalue weighted by Crippen LogP contribution is -2.36. The molecule has 30 heavy (non-hydrogen) atoms. The molecule has 2 aromatic carbocycles. The topological polar surface area (TPSA) is 73.8 Å². The summed E-state index contributed by atoms with van der Waals surface area (Å²) in [6.45, 7) is 6.93. The van der Waals surface area contributed by atoms with Crippen molar-refractivity contribution in [3.63, 3.8) is 0 Å². The van der Waals surface area contributed by atoms with E-state index in [1.54, 1.807) is 6.07 Å². The first kappa shape index (κ1) is 22.2. The van der Waals surface area contributed by atoms with Crippen molar-refractivity contribution in [2.45, 2.75) is 44.7 Å². The minimum absolute atomic E-state index is 0.373. The molecule has 0 unspecified atom stereocenters. The Morgan fingerprint density at radius 3 is 2.60 bits per heavy atom. The Balaban J connectivity index is 1.67. The third-order valence-corrected chi connectivity index (χ3v) is 6.61. The molecule has 0 atom stereocenters. The number of aryl methyl sites for hydroxylation is 2. The van der Waals surface area contributed by atoms with Gasteiger partial charge < -0.3 is 15.5 Å². The van der Waals surface area contributed by atoms with Crippen LogP contribution in [0.3, 0.4) is 0 Å². The summed E-state index contributed by atoms with van der Waals surface area (Å²) in [6, 6.07) is 12.1. The minimum Gasteiger partial charge on any atom is -0.374 e. The average molecular weight is 429 g/mol. The fourth-order valence-electron chi connectivity index (χ4n) is 3.87. The van der Waals surface area contributed by atoms with Crippen molar-refractivity contribution in [1.29, 1.82) is 0 Å². The van der Waals surface area contributed by atoms with Crippen molar-refractivity contribution in [2.75, 3.05) is 31.3 Å². The Morgan fingerprint density at radius 1 is 1.13 bits per heavy atom. The molecule has 0 saturated carbocycles. The average Bonchev–Trinajstić information content (AvgIpc) is 2.69. The van der Waals surface area contributed by atoms with Crippen LogP contribution in [0.15, 0.2) is 46.3 Å². The number of aliphatic imine (C=N–C) groups is 1. The minimum atomic E-state index is -3.20. The Labute approximate surface area is 180 Å². The molecule has 0 aromatic heterocycles. The van der Waals surface area contributed by atoms with Gasteiger partial charge in [-0.3, -0.25) is 0 Å². The molecule has 0 spiro atoms. The molecule has 3 rings (SSSR count). The predicted octanol–water partition coefficient (Wildman–Crippen LogP) is 3.04. The van der Waals surface area contributed by atoms with Gasteiger partial charge in [-0.2, -0.15) is 0 Å². The lowest BCUT2D eigenvalue weighted by Gasteiger charge is -2.28. The number of nitrogens with zero attached hydrogens (tertiary/aromatic N) is 2. The maximum atomic E-state index is 11.8. The fraction of sp³-hybridized carbons (Fsp3) is 0.435. The van der Waals surface area contributed by atoms with Crippen LogP contribution in [-0.2, 0) is 29.3 Å². The van der Waals surface area contributed by atoms with Crippen LogP contribution in [-0.4, -0.2) is 40.8 Å². The second kappa shape index (κ2) is 9.51. The molecule has 1 heterocycles. The molecule has 162 valence electrons. The Bertz CT molecular complexity index is 1030. The van der Waals surface area contributed by atoms with Crippen LogP contribution in [0.1, 0.15) is 35.6 Å². The molecule has 1 aliphatic rings. The van der Waals surface area contributed by atoms with Gasteiger partial charge in [-0.15, -0.1) is 0 Å². The van der Waals surface area contributed by atoms with Crippen LogP contribution in [0.2, 0.25) is 0 Å². The fourth-order valence-corrected chi connectivity index (χ4v) is 4.83. The number of fused-ring (bicyclic) bond motifs is 1. The first-order valence-corrected chi connectivity index (χ1v) is 12.3. The monoisotopic (exact) mass is 428 g/mol. The third-order valence-electron chi connectivity index (χ3n) is 5.36. The van der Waals surface area contributed by atoms with Crippen LogP contribution >= 0.6 is 0 Å². The summed E-state index contributed by atoms with van der Waals surface area (Å²) in [5, 5.41) is 6.68. The molecule has 0 aliphatic carbocycles. The van der Waals surface area contributed by atoms with E-state index in [4.69, 9.17) is 0 Å². The number of nitrogens with one attached hydrogen (secondary N) is 2. The number of guanidine groups is 1. The van der Waals surface area contributed by atoms with Crippen LogP contribution in [0, 0.1) is 6.92 Å². The second-order valence-electron chi connectivity index (χ2n) is 7.91. The van der Waals surface area contributed by atoms with Gasteiger partial charge in [0.1, 0.15) is 0 Å². The highest BCUT2D eigenvalue weighted by atomic mass is 32.2. The van der Waals surface area contributed by atoms with Crippen molar-refractivity contribution in [1.82, 2.24) is 10.6 Å². The molecule has 0 fully saturated rings. The number of rotatable bonds is 6. The van der Waals surface area contributed by atoms with Gasteiger partial charge in [0.15, 0.2) is 15.8 Å². The van der Waals surface area contributed by atoms with E-state index >= 15 is 0 Å². The molecule has 2 N–H and O–H groups in total. The summed E-state index contributed by atoms with van der Waals surface area (Å²) in [6.07, 6.45) is 3.56. The summed E-state index contributed by atoms with van der Waals surface area (Å²) in [4.78, 5) is 7.36. The van der Waals surface area contributed by atoms with Gasteiger partial charge in [-0.05, 0) is 61.1 Å². The van der Waals surface area contributed by atoms with Gasteiger partial charge in [0.05, 0.1) is 11.4 Å².